The van der Waals surface area contributed by atoms with Crippen LogP contribution >= 0.6 is 11.3 Å². The molecule has 2 nitrogen and oxygen atoms in total. The molecule has 24 heavy (non-hydrogen) atoms. The van der Waals surface area contributed by atoms with Gasteiger partial charge in [-0.2, -0.15) is 10.5 Å². The number of halogens is 1. The van der Waals surface area contributed by atoms with Crippen LogP contribution in [0, 0.1) is 28.5 Å². The normalized spacial score (nSPS) is 10.6. The van der Waals surface area contributed by atoms with Gasteiger partial charge < -0.3 is 0 Å². The summed E-state index contributed by atoms with van der Waals surface area (Å²) in [5.74, 6) is -0.607. The van der Waals surface area contributed by atoms with Gasteiger partial charge in [-0.1, -0.05) is 36.4 Å². The Morgan fingerprint density at radius 3 is 2.42 bits per heavy atom. The fourth-order valence-electron chi connectivity index (χ4n) is 3.00. The van der Waals surface area contributed by atoms with Gasteiger partial charge in [-0.15, -0.1) is 11.3 Å². The minimum atomic E-state index is -0.607. The van der Waals surface area contributed by atoms with Crippen molar-refractivity contribution in [2.24, 2.45) is 0 Å². The molecule has 0 aliphatic rings. The SMILES string of the molecule is N#Cc1ccc(F)c(C#N)c1-c1cccc2c1sc1ccccc12. The van der Waals surface area contributed by atoms with E-state index in [9.17, 15) is 14.9 Å². The topological polar surface area (TPSA) is 47.6 Å². The molecule has 0 spiro atoms. The van der Waals surface area contributed by atoms with Crippen molar-refractivity contribution in [2.75, 3.05) is 0 Å². The zero-order valence-electron chi connectivity index (χ0n) is 12.4. The Balaban J connectivity index is 2.18. The smallest absolute Gasteiger partial charge is 0.141 e. The Morgan fingerprint density at radius 1 is 0.833 bits per heavy atom. The molecule has 0 unspecified atom stereocenters. The van der Waals surface area contributed by atoms with E-state index in [0.29, 0.717) is 11.1 Å². The first-order valence-corrected chi connectivity index (χ1v) is 8.09. The summed E-state index contributed by atoms with van der Waals surface area (Å²) < 4.78 is 16.2. The predicted molar refractivity (Wildman–Crippen MR) is 94.2 cm³/mol. The van der Waals surface area contributed by atoms with E-state index >= 15 is 0 Å². The van der Waals surface area contributed by atoms with E-state index in [0.717, 1.165) is 25.7 Å². The van der Waals surface area contributed by atoms with Crippen molar-refractivity contribution in [3.63, 3.8) is 0 Å². The lowest BCUT2D eigenvalue weighted by atomic mass is 9.94. The Labute approximate surface area is 141 Å². The standard InChI is InChI=1S/C20H9FN2S/c21-17-9-8-12(10-22)19(16(17)11-23)15-6-3-5-14-13-4-1-2-7-18(13)24-20(14)15/h1-9H. The molecule has 0 bridgehead atoms. The second-order valence-corrected chi connectivity index (χ2v) is 6.40. The summed E-state index contributed by atoms with van der Waals surface area (Å²) in [5.41, 5.74) is 1.32. The van der Waals surface area contributed by atoms with Crippen molar-refractivity contribution < 1.29 is 4.39 Å². The minimum Gasteiger partial charge on any atom is -0.206 e. The minimum absolute atomic E-state index is 0.0843. The number of hydrogen-bond donors (Lipinski definition) is 0. The number of nitrogens with zero attached hydrogens (tertiary/aromatic N) is 2. The van der Waals surface area contributed by atoms with Gasteiger partial charge >= 0.3 is 0 Å². The van der Waals surface area contributed by atoms with E-state index in [1.165, 1.54) is 12.1 Å². The van der Waals surface area contributed by atoms with Gasteiger partial charge in [-0.25, -0.2) is 4.39 Å². The number of hydrogen-bond acceptors (Lipinski definition) is 3. The van der Waals surface area contributed by atoms with Crippen LogP contribution in [-0.4, -0.2) is 0 Å². The largest absolute Gasteiger partial charge is 0.206 e. The Hall–Kier alpha value is -3.21. The first kappa shape index (κ1) is 14.4. The third-order valence-electron chi connectivity index (χ3n) is 4.06. The fraction of sp³-hybridized carbons (Fsp3) is 0. The average molecular weight is 328 g/mol. The highest BCUT2D eigenvalue weighted by molar-refractivity contribution is 7.26. The highest BCUT2D eigenvalue weighted by Gasteiger charge is 2.19. The second-order valence-electron chi connectivity index (χ2n) is 5.35. The summed E-state index contributed by atoms with van der Waals surface area (Å²) in [6.07, 6.45) is 0. The molecule has 0 amide bonds. The molecular weight excluding hydrogens is 319 g/mol. The third kappa shape index (κ3) is 1.98. The van der Waals surface area contributed by atoms with Gasteiger partial charge in [0.25, 0.3) is 0 Å². The van der Waals surface area contributed by atoms with Crippen LogP contribution in [0.1, 0.15) is 11.1 Å². The predicted octanol–water partition coefficient (Wildman–Crippen LogP) is 5.60. The maximum absolute atomic E-state index is 14.1. The summed E-state index contributed by atoms with van der Waals surface area (Å²) in [5, 5.41) is 21.0. The first-order chi connectivity index (χ1) is 11.7. The van der Waals surface area contributed by atoms with E-state index < -0.39 is 5.82 Å². The van der Waals surface area contributed by atoms with Gasteiger partial charge in [0.15, 0.2) is 0 Å². The molecule has 0 atom stereocenters. The third-order valence-corrected chi connectivity index (χ3v) is 5.28. The van der Waals surface area contributed by atoms with E-state index in [1.807, 2.05) is 48.5 Å². The van der Waals surface area contributed by atoms with Crippen molar-refractivity contribution in [3.05, 3.63) is 71.5 Å². The molecule has 0 fully saturated rings. The fourth-order valence-corrected chi connectivity index (χ4v) is 4.23. The maximum atomic E-state index is 14.1. The van der Waals surface area contributed by atoms with Gasteiger partial charge in [0.1, 0.15) is 11.9 Å². The van der Waals surface area contributed by atoms with Crippen LogP contribution in [0.25, 0.3) is 31.3 Å². The van der Waals surface area contributed by atoms with Gasteiger partial charge in [-0.05, 0) is 18.2 Å². The van der Waals surface area contributed by atoms with Crippen LogP contribution in [0.5, 0.6) is 0 Å². The van der Waals surface area contributed by atoms with Crippen LogP contribution in [0.2, 0.25) is 0 Å². The molecule has 1 heterocycles. The molecule has 0 saturated carbocycles. The zero-order chi connectivity index (χ0) is 16.7. The molecule has 1 aromatic heterocycles. The lowest BCUT2D eigenvalue weighted by Gasteiger charge is -2.09. The molecule has 0 aliphatic heterocycles. The van der Waals surface area contributed by atoms with Crippen LogP contribution in [0.4, 0.5) is 4.39 Å². The highest BCUT2D eigenvalue weighted by Crippen LogP contribution is 2.41. The monoisotopic (exact) mass is 328 g/mol. The Kier molecular flexibility index (Phi) is 3.27. The molecule has 0 saturated heterocycles. The lowest BCUT2D eigenvalue weighted by molar-refractivity contribution is 0.624. The van der Waals surface area contributed by atoms with Crippen LogP contribution in [0.3, 0.4) is 0 Å². The number of benzene rings is 3. The van der Waals surface area contributed by atoms with Crippen LogP contribution in [-0.2, 0) is 0 Å². The molecule has 4 rings (SSSR count). The van der Waals surface area contributed by atoms with E-state index in [1.54, 1.807) is 11.3 Å². The van der Waals surface area contributed by atoms with E-state index in [-0.39, 0.29) is 5.56 Å². The van der Waals surface area contributed by atoms with E-state index in [2.05, 4.69) is 6.07 Å². The summed E-state index contributed by atoms with van der Waals surface area (Å²) in [6.45, 7) is 0. The number of rotatable bonds is 1. The zero-order valence-corrected chi connectivity index (χ0v) is 13.2. The number of nitriles is 2. The maximum Gasteiger partial charge on any atom is 0.141 e. The van der Waals surface area contributed by atoms with Gasteiger partial charge in [0.05, 0.1) is 17.2 Å². The first-order valence-electron chi connectivity index (χ1n) is 7.28. The van der Waals surface area contributed by atoms with Crippen LogP contribution < -0.4 is 0 Å². The molecule has 4 heteroatoms. The number of thiophene rings is 1. The van der Waals surface area contributed by atoms with Crippen molar-refractivity contribution in [3.8, 4) is 23.3 Å². The van der Waals surface area contributed by atoms with Crippen molar-refractivity contribution in [1.29, 1.82) is 10.5 Å². The average Bonchev–Trinajstić information content (AvgIpc) is 3.00. The van der Waals surface area contributed by atoms with Crippen molar-refractivity contribution in [1.82, 2.24) is 0 Å². The number of fused-ring (bicyclic) bond motifs is 3. The summed E-state index contributed by atoms with van der Waals surface area (Å²) in [4.78, 5) is 0. The molecule has 4 aromatic rings. The molecule has 0 aliphatic carbocycles. The quantitative estimate of drug-likeness (QED) is 0.456. The highest BCUT2D eigenvalue weighted by atomic mass is 32.1. The Morgan fingerprint density at radius 2 is 1.62 bits per heavy atom. The summed E-state index contributed by atoms with van der Waals surface area (Å²) >= 11 is 1.59. The van der Waals surface area contributed by atoms with Crippen LogP contribution in [0.15, 0.2) is 54.6 Å². The lowest BCUT2D eigenvalue weighted by Crippen LogP contribution is -1.94. The van der Waals surface area contributed by atoms with E-state index in [4.69, 9.17) is 0 Å². The summed E-state index contributed by atoms with van der Waals surface area (Å²) in [7, 11) is 0. The van der Waals surface area contributed by atoms with Gasteiger partial charge in [-0.3, -0.25) is 0 Å². The van der Waals surface area contributed by atoms with Gasteiger partial charge in [0, 0.05) is 31.3 Å². The molecular formula is C20H9FN2S. The molecule has 0 N–H and O–H groups in total. The van der Waals surface area contributed by atoms with Crippen molar-refractivity contribution >= 4 is 31.5 Å². The Bertz CT molecular complexity index is 1190. The molecule has 0 radical (unpaired) electrons. The molecule has 112 valence electrons. The second kappa shape index (κ2) is 5.45. The van der Waals surface area contributed by atoms with Gasteiger partial charge in [0.2, 0.25) is 0 Å². The molecule has 3 aromatic carbocycles. The van der Waals surface area contributed by atoms with Crippen molar-refractivity contribution in [2.45, 2.75) is 0 Å². The summed E-state index contributed by atoms with van der Waals surface area (Å²) in [6, 6.07) is 20.4.